The number of benzene rings is 2. The Morgan fingerprint density at radius 1 is 1.00 bits per heavy atom. The lowest BCUT2D eigenvalue weighted by molar-refractivity contribution is 0.135. The minimum atomic E-state index is -0.0723. The summed E-state index contributed by atoms with van der Waals surface area (Å²) in [6, 6.07) is 12.1. The minimum absolute atomic E-state index is 0.0394. The van der Waals surface area contributed by atoms with E-state index in [4.69, 9.17) is 19.7 Å². The monoisotopic (exact) mass is 356 g/mol. The van der Waals surface area contributed by atoms with Crippen molar-refractivity contribution < 1.29 is 19.7 Å². The van der Waals surface area contributed by atoms with Crippen LogP contribution in [0.25, 0.3) is 10.8 Å². The summed E-state index contributed by atoms with van der Waals surface area (Å²) < 4.78 is 11.6. The van der Waals surface area contributed by atoms with Crippen LogP contribution < -0.4 is 4.74 Å². The van der Waals surface area contributed by atoms with Crippen LogP contribution in [0.5, 0.6) is 5.75 Å². The standard InChI is InChI=1S/C22H28O4/c1-16(2)8-10-20(25-14-12-23)17(3)22-19-7-5-4-6-18(19)9-11-21(22)26-15-13-24/h4-11,17,23-24H,12-15H2,1-3H3/b20-10+. The summed E-state index contributed by atoms with van der Waals surface area (Å²) in [6.07, 6.45) is 3.95. The van der Waals surface area contributed by atoms with E-state index in [2.05, 4.69) is 19.1 Å². The lowest BCUT2D eigenvalue weighted by Crippen LogP contribution is -2.10. The number of hydrogen-bond acceptors (Lipinski definition) is 4. The van der Waals surface area contributed by atoms with Gasteiger partial charge in [0.25, 0.3) is 0 Å². The van der Waals surface area contributed by atoms with Gasteiger partial charge in [0.15, 0.2) is 0 Å². The first-order chi connectivity index (χ1) is 12.6. The van der Waals surface area contributed by atoms with Crippen molar-refractivity contribution >= 4 is 10.8 Å². The molecule has 0 amide bonds. The molecule has 2 rings (SSSR count). The lowest BCUT2D eigenvalue weighted by Gasteiger charge is -2.22. The van der Waals surface area contributed by atoms with Crippen molar-refractivity contribution in [1.82, 2.24) is 0 Å². The largest absolute Gasteiger partial charge is 0.495 e. The van der Waals surface area contributed by atoms with E-state index >= 15 is 0 Å². The molecule has 0 spiro atoms. The Labute approximate surface area is 155 Å². The summed E-state index contributed by atoms with van der Waals surface area (Å²) in [7, 11) is 0. The van der Waals surface area contributed by atoms with Gasteiger partial charge in [-0.1, -0.05) is 48.9 Å². The van der Waals surface area contributed by atoms with Crippen molar-refractivity contribution in [2.75, 3.05) is 26.4 Å². The maximum absolute atomic E-state index is 9.17. The van der Waals surface area contributed by atoms with Gasteiger partial charge in [-0.2, -0.15) is 0 Å². The molecule has 0 bridgehead atoms. The summed E-state index contributed by atoms with van der Waals surface area (Å²) >= 11 is 0. The fraction of sp³-hybridized carbons (Fsp3) is 0.364. The summed E-state index contributed by atoms with van der Waals surface area (Å²) in [4.78, 5) is 0. The van der Waals surface area contributed by atoms with E-state index in [1.807, 2.05) is 50.3 Å². The topological polar surface area (TPSA) is 58.9 Å². The van der Waals surface area contributed by atoms with E-state index in [-0.39, 0.29) is 32.3 Å². The van der Waals surface area contributed by atoms with Crippen molar-refractivity contribution in [3.63, 3.8) is 0 Å². The van der Waals surface area contributed by atoms with Gasteiger partial charge in [0, 0.05) is 11.5 Å². The SMILES string of the molecule is CC(C)=C/C=C(/OCCO)C(C)c1c(OCCO)ccc2ccccc12. The van der Waals surface area contributed by atoms with Gasteiger partial charge >= 0.3 is 0 Å². The van der Waals surface area contributed by atoms with Crippen molar-refractivity contribution in [2.45, 2.75) is 26.7 Å². The third-order valence-corrected chi connectivity index (χ3v) is 4.08. The predicted octanol–water partition coefficient (Wildman–Crippen LogP) is 4.17. The van der Waals surface area contributed by atoms with Crippen LogP contribution in [0.1, 0.15) is 32.3 Å². The predicted molar refractivity (Wildman–Crippen MR) is 105 cm³/mol. The second kappa shape index (κ2) is 10.00. The lowest BCUT2D eigenvalue weighted by atomic mass is 9.92. The normalized spacial score (nSPS) is 12.7. The molecule has 0 aromatic heterocycles. The van der Waals surface area contributed by atoms with Crippen LogP contribution >= 0.6 is 0 Å². The Bertz CT molecular complexity index is 773. The van der Waals surface area contributed by atoms with E-state index in [1.54, 1.807) is 0 Å². The molecular formula is C22H28O4. The van der Waals surface area contributed by atoms with Crippen LogP contribution in [0.3, 0.4) is 0 Å². The van der Waals surface area contributed by atoms with Crippen LogP contribution in [-0.4, -0.2) is 36.6 Å². The number of allylic oxidation sites excluding steroid dienone is 4. The molecule has 1 unspecified atom stereocenters. The molecule has 4 nitrogen and oxygen atoms in total. The minimum Gasteiger partial charge on any atom is -0.495 e. The molecule has 0 heterocycles. The van der Waals surface area contributed by atoms with E-state index in [0.29, 0.717) is 0 Å². The van der Waals surface area contributed by atoms with Crippen molar-refractivity contribution in [1.29, 1.82) is 0 Å². The average molecular weight is 356 g/mol. The van der Waals surface area contributed by atoms with Gasteiger partial charge < -0.3 is 19.7 Å². The first-order valence-corrected chi connectivity index (χ1v) is 8.92. The molecule has 1 atom stereocenters. The van der Waals surface area contributed by atoms with E-state index in [1.165, 1.54) is 0 Å². The Kier molecular flexibility index (Phi) is 7.70. The molecular weight excluding hydrogens is 328 g/mol. The second-order valence-corrected chi connectivity index (χ2v) is 6.38. The third-order valence-electron chi connectivity index (χ3n) is 4.08. The average Bonchev–Trinajstić information content (AvgIpc) is 2.65. The van der Waals surface area contributed by atoms with Crippen molar-refractivity contribution in [3.05, 3.63) is 65.4 Å². The van der Waals surface area contributed by atoms with Crippen LogP contribution in [0, 0.1) is 0 Å². The third kappa shape index (κ3) is 5.10. The summed E-state index contributed by atoms with van der Waals surface area (Å²) in [5.74, 6) is 1.43. The van der Waals surface area contributed by atoms with Crippen LogP contribution in [-0.2, 0) is 4.74 Å². The van der Waals surface area contributed by atoms with Crippen molar-refractivity contribution in [3.8, 4) is 5.75 Å². The molecule has 2 N–H and O–H groups in total. The van der Waals surface area contributed by atoms with Crippen LogP contribution in [0.15, 0.2) is 59.9 Å². The highest BCUT2D eigenvalue weighted by Crippen LogP contribution is 2.38. The quantitative estimate of drug-likeness (QED) is 0.523. The van der Waals surface area contributed by atoms with Crippen LogP contribution in [0.4, 0.5) is 0 Å². The van der Waals surface area contributed by atoms with Gasteiger partial charge in [0.2, 0.25) is 0 Å². The van der Waals surface area contributed by atoms with E-state index in [0.717, 1.165) is 33.4 Å². The highest BCUT2D eigenvalue weighted by molar-refractivity contribution is 5.88. The zero-order valence-electron chi connectivity index (χ0n) is 15.7. The molecule has 140 valence electrons. The molecule has 0 aliphatic heterocycles. The highest BCUT2D eigenvalue weighted by atomic mass is 16.5. The fourth-order valence-electron chi connectivity index (χ4n) is 2.88. The highest BCUT2D eigenvalue weighted by Gasteiger charge is 2.20. The van der Waals surface area contributed by atoms with Gasteiger partial charge in [-0.25, -0.2) is 0 Å². The Morgan fingerprint density at radius 2 is 1.73 bits per heavy atom. The fourth-order valence-corrected chi connectivity index (χ4v) is 2.88. The number of hydrogen-bond donors (Lipinski definition) is 2. The zero-order valence-corrected chi connectivity index (χ0v) is 15.7. The maximum atomic E-state index is 9.17. The zero-order chi connectivity index (χ0) is 18.9. The Morgan fingerprint density at radius 3 is 2.42 bits per heavy atom. The number of ether oxygens (including phenoxy) is 2. The molecule has 2 aromatic carbocycles. The first kappa shape index (κ1) is 20.0. The summed E-state index contributed by atoms with van der Waals surface area (Å²) in [6.45, 7) is 6.52. The first-order valence-electron chi connectivity index (χ1n) is 8.92. The van der Waals surface area contributed by atoms with Gasteiger partial charge in [-0.05, 0) is 36.8 Å². The number of aliphatic hydroxyl groups excluding tert-OH is 2. The van der Waals surface area contributed by atoms with E-state index in [9.17, 15) is 0 Å². The smallest absolute Gasteiger partial charge is 0.123 e. The second-order valence-electron chi connectivity index (χ2n) is 6.38. The number of rotatable bonds is 9. The molecule has 0 saturated heterocycles. The molecule has 0 radical (unpaired) electrons. The number of fused-ring (bicyclic) bond motifs is 1. The van der Waals surface area contributed by atoms with Gasteiger partial charge in [-0.15, -0.1) is 0 Å². The molecule has 26 heavy (non-hydrogen) atoms. The molecule has 0 aliphatic rings. The molecule has 4 heteroatoms. The van der Waals surface area contributed by atoms with Gasteiger partial charge in [0.05, 0.1) is 13.2 Å². The van der Waals surface area contributed by atoms with Crippen molar-refractivity contribution in [2.24, 2.45) is 0 Å². The Hall–Kier alpha value is -2.30. The van der Waals surface area contributed by atoms with Crippen LogP contribution in [0.2, 0.25) is 0 Å². The molecule has 0 aliphatic carbocycles. The number of aliphatic hydroxyl groups is 2. The summed E-state index contributed by atoms with van der Waals surface area (Å²) in [5.41, 5.74) is 2.18. The molecule has 0 fully saturated rings. The maximum Gasteiger partial charge on any atom is 0.123 e. The summed E-state index contributed by atoms with van der Waals surface area (Å²) in [5, 5.41) is 20.5. The molecule has 0 saturated carbocycles. The Balaban J connectivity index is 2.55. The van der Waals surface area contributed by atoms with Gasteiger partial charge in [-0.3, -0.25) is 0 Å². The van der Waals surface area contributed by atoms with E-state index < -0.39 is 0 Å². The van der Waals surface area contributed by atoms with Gasteiger partial charge in [0.1, 0.15) is 24.7 Å². The molecule has 2 aromatic rings.